The van der Waals surface area contributed by atoms with Crippen LogP contribution in [0.5, 0.6) is 5.75 Å². The molecule has 0 aliphatic heterocycles. The summed E-state index contributed by atoms with van der Waals surface area (Å²) in [6.45, 7) is 1.35. The minimum atomic E-state index is -0.294. The van der Waals surface area contributed by atoms with Gasteiger partial charge in [-0.05, 0) is 36.4 Å². The molecule has 0 saturated carbocycles. The van der Waals surface area contributed by atoms with Gasteiger partial charge in [0.15, 0.2) is 6.61 Å². The van der Waals surface area contributed by atoms with E-state index in [1.54, 1.807) is 55.6 Å². The number of rotatable bonds is 5. The van der Waals surface area contributed by atoms with Crippen LogP contribution in [0.25, 0.3) is 0 Å². The topological polar surface area (TPSA) is 58.6 Å². The van der Waals surface area contributed by atoms with Crippen molar-refractivity contribution in [2.45, 2.75) is 6.92 Å². The van der Waals surface area contributed by atoms with Gasteiger partial charge < -0.3 is 15.0 Å². The minimum absolute atomic E-state index is 0.0603. The van der Waals surface area contributed by atoms with Gasteiger partial charge in [0.25, 0.3) is 5.91 Å². The van der Waals surface area contributed by atoms with Crippen molar-refractivity contribution in [2.75, 3.05) is 23.9 Å². The molecule has 2 aromatic rings. The molecule has 0 fully saturated rings. The third-order valence-corrected chi connectivity index (χ3v) is 3.52. The van der Waals surface area contributed by atoms with E-state index in [1.165, 1.54) is 11.8 Å². The van der Waals surface area contributed by atoms with Crippen LogP contribution < -0.4 is 15.0 Å². The maximum atomic E-state index is 11.9. The van der Waals surface area contributed by atoms with E-state index in [1.807, 2.05) is 0 Å². The summed E-state index contributed by atoms with van der Waals surface area (Å²) < 4.78 is 5.37. The Labute approximate surface area is 139 Å². The van der Waals surface area contributed by atoms with Gasteiger partial charge in [-0.25, -0.2) is 0 Å². The zero-order valence-electron chi connectivity index (χ0n) is 12.9. The number of anilines is 2. The van der Waals surface area contributed by atoms with Crippen molar-refractivity contribution >= 4 is 34.8 Å². The molecule has 0 atom stereocenters. The zero-order valence-corrected chi connectivity index (χ0v) is 13.6. The number of nitrogens with one attached hydrogen (secondary N) is 1. The second-order valence-electron chi connectivity index (χ2n) is 4.89. The van der Waals surface area contributed by atoms with E-state index in [0.29, 0.717) is 16.5 Å². The molecule has 1 N–H and O–H groups in total. The number of hydrogen-bond donors (Lipinski definition) is 1. The maximum Gasteiger partial charge on any atom is 0.262 e. The van der Waals surface area contributed by atoms with Crippen molar-refractivity contribution in [3.63, 3.8) is 0 Å². The number of ether oxygens (including phenoxy) is 1. The normalized spacial score (nSPS) is 10.0. The molecule has 23 heavy (non-hydrogen) atoms. The first kappa shape index (κ1) is 16.8. The maximum absolute atomic E-state index is 11.9. The Morgan fingerprint density at radius 2 is 1.78 bits per heavy atom. The predicted molar refractivity (Wildman–Crippen MR) is 91.1 cm³/mol. The van der Waals surface area contributed by atoms with Crippen LogP contribution in [0.2, 0.25) is 5.02 Å². The number of carbonyl (C=O) groups is 2. The Morgan fingerprint density at radius 1 is 1.13 bits per heavy atom. The van der Waals surface area contributed by atoms with Crippen molar-refractivity contribution in [2.24, 2.45) is 0 Å². The highest BCUT2D eigenvalue weighted by atomic mass is 35.5. The number of halogens is 1. The fourth-order valence-corrected chi connectivity index (χ4v) is 2.04. The molecule has 0 unspecified atom stereocenters. The molecule has 0 aliphatic carbocycles. The van der Waals surface area contributed by atoms with Gasteiger partial charge in [-0.15, -0.1) is 0 Å². The summed E-state index contributed by atoms with van der Waals surface area (Å²) in [5.41, 5.74) is 1.38. The standard InChI is InChI=1S/C17H17ClN2O3/c1-12(21)20(2)14-9-7-13(8-10-14)19-17(22)11-23-16-6-4-3-5-15(16)18/h3-10H,11H2,1-2H3,(H,19,22). The molecule has 0 spiro atoms. The Kier molecular flexibility index (Phi) is 5.60. The fraction of sp³-hybridized carbons (Fsp3) is 0.176. The van der Waals surface area contributed by atoms with Crippen LogP contribution in [0.15, 0.2) is 48.5 Å². The SMILES string of the molecule is CC(=O)N(C)c1ccc(NC(=O)COc2ccccc2Cl)cc1. The third kappa shape index (κ3) is 4.72. The van der Waals surface area contributed by atoms with E-state index in [9.17, 15) is 9.59 Å². The Bertz CT molecular complexity index is 701. The van der Waals surface area contributed by atoms with Crippen molar-refractivity contribution in [3.05, 3.63) is 53.6 Å². The summed E-state index contributed by atoms with van der Waals surface area (Å²) in [5, 5.41) is 3.17. The highest BCUT2D eigenvalue weighted by Gasteiger charge is 2.08. The van der Waals surface area contributed by atoms with Crippen molar-refractivity contribution in [1.29, 1.82) is 0 Å². The van der Waals surface area contributed by atoms with E-state index >= 15 is 0 Å². The van der Waals surface area contributed by atoms with Crippen LogP contribution in [0.4, 0.5) is 11.4 Å². The number of para-hydroxylation sites is 1. The number of nitrogens with zero attached hydrogens (tertiary/aromatic N) is 1. The molecule has 0 heterocycles. The zero-order chi connectivity index (χ0) is 16.8. The third-order valence-electron chi connectivity index (χ3n) is 3.21. The molecular weight excluding hydrogens is 316 g/mol. The molecule has 6 heteroatoms. The van der Waals surface area contributed by atoms with Gasteiger partial charge in [-0.2, -0.15) is 0 Å². The quantitative estimate of drug-likeness (QED) is 0.913. The molecule has 0 radical (unpaired) electrons. The van der Waals surface area contributed by atoms with Crippen LogP contribution in [0, 0.1) is 0 Å². The summed E-state index contributed by atoms with van der Waals surface area (Å²) >= 11 is 5.95. The molecule has 5 nitrogen and oxygen atoms in total. The molecule has 0 aromatic heterocycles. The van der Waals surface area contributed by atoms with E-state index in [-0.39, 0.29) is 18.4 Å². The predicted octanol–water partition coefficient (Wildman–Crippen LogP) is 3.34. The minimum Gasteiger partial charge on any atom is -0.482 e. The molecule has 2 amide bonds. The van der Waals surface area contributed by atoms with Gasteiger partial charge in [0.05, 0.1) is 5.02 Å². The monoisotopic (exact) mass is 332 g/mol. The lowest BCUT2D eigenvalue weighted by atomic mass is 10.2. The van der Waals surface area contributed by atoms with Gasteiger partial charge in [0.2, 0.25) is 5.91 Å². The highest BCUT2D eigenvalue weighted by molar-refractivity contribution is 6.32. The molecule has 2 rings (SSSR count). The van der Waals surface area contributed by atoms with Gasteiger partial charge in [-0.1, -0.05) is 23.7 Å². The lowest BCUT2D eigenvalue weighted by Gasteiger charge is -2.15. The van der Waals surface area contributed by atoms with Crippen LogP contribution in [-0.2, 0) is 9.59 Å². The molecule has 0 aliphatic rings. The van der Waals surface area contributed by atoms with Gasteiger partial charge in [0.1, 0.15) is 5.75 Å². The van der Waals surface area contributed by atoms with Crippen molar-refractivity contribution in [3.8, 4) is 5.75 Å². The Balaban J connectivity index is 1.90. The summed E-state index contributed by atoms with van der Waals surface area (Å²) in [6, 6.07) is 13.9. The number of carbonyl (C=O) groups excluding carboxylic acids is 2. The van der Waals surface area contributed by atoms with E-state index < -0.39 is 0 Å². The smallest absolute Gasteiger partial charge is 0.262 e. The van der Waals surface area contributed by atoms with Crippen LogP contribution in [0.1, 0.15) is 6.92 Å². The van der Waals surface area contributed by atoms with Crippen LogP contribution in [0.3, 0.4) is 0 Å². The molecular formula is C17H17ClN2O3. The average molecular weight is 333 g/mol. The Hall–Kier alpha value is -2.53. The first-order chi connectivity index (χ1) is 11.0. The molecule has 0 bridgehead atoms. The largest absolute Gasteiger partial charge is 0.482 e. The van der Waals surface area contributed by atoms with E-state index in [2.05, 4.69) is 5.32 Å². The van der Waals surface area contributed by atoms with Gasteiger partial charge >= 0.3 is 0 Å². The van der Waals surface area contributed by atoms with Crippen LogP contribution in [-0.4, -0.2) is 25.5 Å². The second-order valence-corrected chi connectivity index (χ2v) is 5.30. The fourth-order valence-electron chi connectivity index (χ4n) is 1.85. The molecule has 2 aromatic carbocycles. The van der Waals surface area contributed by atoms with Crippen molar-refractivity contribution < 1.29 is 14.3 Å². The highest BCUT2D eigenvalue weighted by Crippen LogP contribution is 2.23. The van der Waals surface area contributed by atoms with Crippen LogP contribution >= 0.6 is 11.6 Å². The van der Waals surface area contributed by atoms with E-state index in [0.717, 1.165) is 5.69 Å². The lowest BCUT2D eigenvalue weighted by Crippen LogP contribution is -2.23. The molecule has 120 valence electrons. The summed E-state index contributed by atoms with van der Waals surface area (Å²) in [5.74, 6) is 0.107. The van der Waals surface area contributed by atoms with Gasteiger partial charge in [-0.3, -0.25) is 9.59 Å². The first-order valence-electron chi connectivity index (χ1n) is 6.99. The lowest BCUT2D eigenvalue weighted by molar-refractivity contribution is -0.118. The van der Waals surface area contributed by atoms with Gasteiger partial charge in [0, 0.05) is 25.3 Å². The summed E-state index contributed by atoms with van der Waals surface area (Å²) in [4.78, 5) is 24.7. The number of amides is 2. The number of hydrogen-bond acceptors (Lipinski definition) is 3. The summed E-state index contributed by atoms with van der Waals surface area (Å²) in [6.07, 6.45) is 0. The second kappa shape index (κ2) is 7.65. The summed E-state index contributed by atoms with van der Waals surface area (Å²) in [7, 11) is 1.69. The van der Waals surface area contributed by atoms with Crippen molar-refractivity contribution in [1.82, 2.24) is 0 Å². The molecule has 0 saturated heterocycles. The first-order valence-corrected chi connectivity index (χ1v) is 7.36. The van der Waals surface area contributed by atoms with E-state index in [4.69, 9.17) is 16.3 Å². The average Bonchev–Trinajstić information content (AvgIpc) is 2.54. The Morgan fingerprint density at radius 3 is 2.39 bits per heavy atom. The number of benzene rings is 2.